The van der Waals surface area contributed by atoms with Crippen molar-refractivity contribution in [3.63, 3.8) is 0 Å². The lowest BCUT2D eigenvalue weighted by molar-refractivity contribution is 0.106. The summed E-state index contributed by atoms with van der Waals surface area (Å²) >= 11 is 7.76. The number of thiazole rings is 1. The number of guanidine groups is 1. The first-order chi connectivity index (χ1) is 12.0. The van der Waals surface area contributed by atoms with Gasteiger partial charge in [-0.1, -0.05) is 23.7 Å². The number of rotatable bonds is 7. The van der Waals surface area contributed by atoms with Crippen molar-refractivity contribution in [2.24, 2.45) is 4.99 Å². The number of nitrogens with one attached hydrogen (secondary N) is 2. The highest BCUT2D eigenvalue weighted by molar-refractivity contribution is 14.0. The van der Waals surface area contributed by atoms with Crippen LogP contribution in [0.5, 0.6) is 0 Å². The van der Waals surface area contributed by atoms with Crippen molar-refractivity contribution in [3.05, 3.63) is 50.4 Å². The SMILES string of the molecule is CCNC(=NCc1sc(C)nc1C)NCC(OC)c1cccc(Cl)c1.I. The summed E-state index contributed by atoms with van der Waals surface area (Å²) in [4.78, 5) is 10.3. The maximum absolute atomic E-state index is 6.08. The molecule has 0 spiro atoms. The first-order valence-electron chi connectivity index (χ1n) is 8.26. The topological polar surface area (TPSA) is 58.5 Å². The molecule has 0 saturated heterocycles. The van der Waals surface area contributed by atoms with Crippen molar-refractivity contribution in [1.29, 1.82) is 0 Å². The third-order valence-corrected chi connectivity index (χ3v) is 4.98. The van der Waals surface area contributed by atoms with Crippen molar-refractivity contribution in [1.82, 2.24) is 15.6 Å². The van der Waals surface area contributed by atoms with Crippen LogP contribution < -0.4 is 10.6 Å². The molecule has 0 amide bonds. The number of aryl methyl sites for hydroxylation is 2. The van der Waals surface area contributed by atoms with Crippen LogP contribution in [0, 0.1) is 13.8 Å². The van der Waals surface area contributed by atoms with Gasteiger partial charge in [-0.25, -0.2) is 9.98 Å². The fourth-order valence-corrected chi connectivity index (χ4v) is 3.51. The fourth-order valence-electron chi connectivity index (χ4n) is 2.45. The Balaban J connectivity index is 0.00000338. The van der Waals surface area contributed by atoms with Crippen LogP contribution in [-0.2, 0) is 11.3 Å². The molecule has 26 heavy (non-hydrogen) atoms. The summed E-state index contributed by atoms with van der Waals surface area (Å²) in [7, 11) is 1.70. The Bertz CT molecular complexity index is 723. The van der Waals surface area contributed by atoms with Gasteiger partial charge in [-0.3, -0.25) is 0 Å². The molecule has 2 N–H and O–H groups in total. The molecule has 2 rings (SSSR count). The largest absolute Gasteiger partial charge is 0.375 e. The number of ether oxygens (including phenoxy) is 1. The molecule has 0 radical (unpaired) electrons. The van der Waals surface area contributed by atoms with Crippen molar-refractivity contribution in [2.75, 3.05) is 20.2 Å². The summed E-state index contributed by atoms with van der Waals surface area (Å²) in [5, 5.41) is 8.38. The monoisotopic (exact) mass is 508 g/mol. The van der Waals surface area contributed by atoms with Crippen molar-refractivity contribution >= 4 is 52.9 Å². The van der Waals surface area contributed by atoms with Gasteiger partial charge >= 0.3 is 0 Å². The molecule has 0 aliphatic heterocycles. The smallest absolute Gasteiger partial charge is 0.191 e. The maximum atomic E-state index is 6.08. The van der Waals surface area contributed by atoms with E-state index < -0.39 is 0 Å². The van der Waals surface area contributed by atoms with Crippen LogP contribution in [-0.4, -0.2) is 31.1 Å². The lowest BCUT2D eigenvalue weighted by atomic mass is 10.1. The zero-order valence-corrected chi connectivity index (χ0v) is 19.4. The molecule has 144 valence electrons. The van der Waals surface area contributed by atoms with E-state index in [1.165, 1.54) is 4.88 Å². The molecule has 5 nitrogen and oxygen atoms in total. The van der Waals surface area contributed by atoms with E-state index in [0.29, 0.717) is 18.1 Å². The van der Waals surface area contributed by atoms with Gasteiger partial charge < -0.3 is 15.4 Å². The lowest BCUT2D eigenvalue weighted by Crippen LogP contribution is -2.39. The number of nitrogens with zero attached hydrogens (tertiary/aromatic N) is 2. The van der Waals surface area contributed by atoms with Crippen LogP contribution in [0.15, 0.2) is 29.3 Å². The number of aromatic nitrogens is 1. The minimum atomic E-state index is -0.102. The van der Waals surface area contributed by atoms with E-state index in [0.717, 1.165) is 28.8 Å². The molecular formula is C18H26ClIN4OS. The van der Waals surface area contributed by atoms with E-state index in [1.54, 1.807) is 18.4 Å². The van der Waals surface area contributed by atoms with Crippen LogP contribution in [0.4, 0.5) is 0 Å². The number of methoxy groups -OCH3 is 1. The molecule has 0 aliphatic carbocycles. The summed E-state index contributed by atoms with van der Waals surface area (Å²) in [6, 6.07) is 7.72. The highest BCUT2D eigenvalue weighted by Crippen LogP contribution is 2.20. The minimum Gasteiger partial charge on any atom is -0.375 e. The summed E-state index contributed by atoms with van der Waals surface area (Å²) in [6.45, 7) is 8.09. The Kier molecular flexibility index (Phi) is 10.4. The first kappa shape index (κ1) is 23.1. The predicted octanol–water partition coefficient (Wildman–Crippen LogP) is 4.47. The molecule has 1 unspecified atom stereocenters. The second-order valence-corrected chi connectivity index (χ2v) is 7.32. The van der Waals surface area contributed by atoms with Crippen molar-refractivity contribution in [2.45, 2.75) is 33.4 Å². The normalized spacial score (nSPS) is 12.4. The van der Waals surface area contributed by atoms with Gasteiger partial charge in [0.15, 0.2) is 5.96 Å². The van der Waals surface area contributed by atoms with E-state index in [2.05, 4.69) is 20.6 Å². The third kappa shape index (κ3) is 7.02. The van der Waals surface area contributed by atoms with E-state index in [-0.39, 0.29) is 30.1 Å². The Labute approximate surface area is 181 Å². The second kappa shape index (κ2) is 11.7. The molecule has 1 aromatic heterocycles. The number of hydrogen-bond acceptors (Lipinski definition) is 4. The zero-order valence-electron chi connectivity index (χ0n) is 15.5. The predicted molar refractivity (Wildman–Crippen MR) is 121 cm³/mol. The molecule has 1 heterocycles. The molecule has 0 saturated carbocycles. The van der Waals surface area contributed by atoms with Gasteiger partial charge in [0.2, 0.25) is 0 Å². The number of hydrogen-bond donors (Lipinski definition) is 2. The zero-order chi connectivity index (χ0) is 18.2. The second-order valence-electron chi connectivity index (χ2n) is 5.60. The minimum absolute atomic E-state index is 0. The highest BCUT2D eigenvalue weighted by Gasteiger charge is 2.12. The van der Waals surface area contributed by atoms with Gasteiger partial charge in [0.25, 0.3) is 0 Å². The lowest BCUT2D eigenvalue weighted by Gasteiger charge is -2.19. The van der Waals surface area contributed by atoms with E-state index in [1.807, 2.05) is 45.0 Å². The van der Waals surface area contributed by atoms with Gasteiger partial charge in [-0.05, 0) is 38.5 Å². The quantitative estimate of drug-likeness (QED) is 0.329. The number of benzene rings is 1. The molecule has 0 aliphatic rings. The maximum Gasteiger partial charge on any atom is 0.191 e. The molecular weight excluding hydrogens is 483 g/mol. The Morgan fingerprint density at radius 3 is 2.69 bits per heavy atom. The van der Waals surface area contributed by atoms with Crippen LogP contribution >= 0.6 is 46.9 Å². The van der Waals surface area contributed by atoms with Crippen molar-refractivity contribution in [3.8, 4) is 0 Å². The molecule has 1 atom stereocenters. The van der Waals surface area contributed by atoms with Crippen molar-refractivity contribution < 1.29 is 4.74 Å². The first-order valence-corrected chi connectivity index (χ1v) is 9.46. The number of aliphatic imine (C=N–C) groups is 1. The molecule has 8 heteroatoms. The van der Waals surface area contributed by atoms with Gasteiger partial charge in [0, 0.05) is 30.1 Å². The van der Waals surface area contributed by atoms with Gasteiger partial charge in [0.05, 0.1) is 23.4 Å². The summed E-state index contributed by atoms with van der Waals surface area (Å²) in [6.07, 6.45) is -0.102. The van der Waals surface area contributed by atoms with Crippen LogP contribution in [0.2, 0.25) is 5.02 Å². The van der Waals surface area contributed by atoms with Gasteiger partial charge in [-0.2, -0.15) is 0 Å². The Morgan fingerprint density at radius 1 is 1.35 bits per heavy atom. The van der Waals surface area contributed by atoms with Gasteiger partial charge in [-0.15, -0.1) is 35.3 Å². The molecule has 1 aromatic carbocycles. The molecule has 0 bridgehead atoms. The van der Waals surface area contributed by atoms with Crippen LogP contribution in [0.25, 0.3) is 0 Å². The molecule has 0 fully saturated rings. The van der Waals surface area contributed by atoms with Gasteiger partial charge in [0.1, 0.15) is 0 Å². The van der Waals surface area contributed by atoms with E-state index in [4.69, 9.17) is 16.3 Å². The Hall–Kier alpha value is -0.900. The third-order valence-electron chi connectivity index (χ3n) is 3.68. The average Bonchev–Trinajstić information content (AvgIpc) is 2.90. The number of halogens is 2. The molecule has 2 aromatic rings. The summed E-state index contributed by atoms with van der Waals surface area (Å²) < 4.78 is 5.59. The van der Waals surface area contributed by atoms with Crippen LogP contribution in [0.1, 0.15) is 34.2 Å². The van der Waals surface area contributed by atoms with Crippen LogP contribution in [0.3, 0.4) is 0 Å². The summed E-state index contributed by atoms with van der Waals surface area (Å²) in [5.41, 5.74) is 2.09. The Morgan fingerprint density at radius 2 is 2.12 bits per heavy atom. The standard InChI is InChI=1S/C18H25ClN4OS.HI/c1-5-20-18(22-11-17-12(2)23-13(3)25-17)21-10-16(24-4)14-7-6-8-15(19)9-14;/h6-9,16H,5,10-11H2,1-4H3,(H2,20,21,22);1H. The highest BCUT2D eigenvalue weighted by atomic mass is 127. The summed E-state index contributed by atoms with van der Waals surface area (Å²) in [5.74, 6) is 0.761. The fraction of sp³-hybridized carbons (Fsp3) is 0.444. The van der Waals surface area contributed by atoms with E-state index >= 15 is 0 Å². The average molecular weight is 509 g/mol. The van der Waals surface area contributed by atoms with E-state index in [9.17, 15) is 0 Å².